The lowest BCUT2D eigenvalue weighted by Gasteiger charge is -2.19. The van der Waals surface area contributed by atoms with Crippen molar-refractivity contribution in [2.45, 2.75) is 50.9 Å². The van der Waals surface area contributed by atoms with Gasteiger partial charge in [0, 0.05) is 11.6 Å². The molecular formula is C18H21NO3. The minimum atomic E-state index is -0.861. The Labute approximate surface area is 130 Å². The summed E-state index contributed by atoms with van der Waals surface area (Å²) >= 11 is 0. The summed E-state index contributed by atoms with van der Waals surface area (Å²) in [5.41, 5.74) is 1.89. The van der Waals surface area contributed by atoms with Crippen LogP contribution in [0.3, 0.4) is 0 Å². The summed E-state index contributed by atoms with van der Waals surface area (Å²) in [5.74, 6) is 0.325. The van der Waals surface area contributed by atoms with Gasteiger partial charge in [0.05, 0.1) is 0 Å². The number of aliphatic carboxylic acids is 1. The van der Waals surface area contributed by atoms with E-state index in [1.54, 1.807) is 6.07 Å². The predicted octanol–water partition coefficient (Wildman–Crippen LogP) is 4.36. The number of hydrogen-bond donors (Lipinski definition) is 1. The zero-order valence-electron chi connectivity index (χ0n) is 13.0. The average molecular weight is 299 g/mol. The fourth-order valence-electron chi connectivity index (χ4n) is 3.23. The van der Waals surface area contributed by atoms with Gasteiger partial charge in [0.25, 0.3) is 0 Å². The number of rotatable bonds is 4. The van der Waals surface area contributed by atoms with E-state index in [2.05, 4.69) is 31.1 Å². The first-order valence-corrected chi connectivity index (χ1v) is 7.84. The molecule has 116 valence electrons. The molecule has 1 saturated carbocycles. The molecule has 1 aromatic carbocycles. The molecule has 1 N–H and O–H groups in total. The molecule has 0 aliphatic heterocycles. The summed E-state index contributed by atoms with van der Waals surface area (Å²) < 4.78 is 5.43. The van der Waals surface area contributed by atoms with E-state index in [1.165, 1.54) is 5.56 Å². The molecule has 0 unspecified atom stereocenters. The smallest absolute Gasteiger partial charge is 0.315 e. The molecule has 0 bridgehead atoms. The molecule has 0 radical (unpaired) electrons. The highest BCUT2D eigenvalue weighted by molar-refractivity contribution is 5.81. The third-order valence-electron chi connectivity index (χ3n) is 4.73. The highest BCUT2D eigenvalue weighted by atomic mass is 16.5. The quantitative estimate of drug-likeness (QED) is 0.911. The molecule has 2 aromatic rings. The van der Waals surface area contributed by atoms with Crippen molar-refractivity contribution in [2.24, 2.45) is 0 Å². The average Bonchev–Trinajstić information content (AvgIpc) is 3.17. The summed E-state index contributed by atoms with van der Waals surface area (Å²) in [6.07, 6.45) is 3.14. The van der Waals surface area contributed by atoms with Crippen LogP contribution in [0.1, 0.15) is 56.7 Å². The first-order chi connectivity index (χ1) is 10.5. The van der Waals surface area contributed by atoms with Gasteiger partial charge in [-0.05, 0) is 24.3 Å². The highest BCUT2D eigenvalue weighted by Crippen LogP contribution is 2.41. The Morgan fingerprint density at radius 1 is 1.23 bits per heavy atom. The Balaban J connectivity index is 1.92. The summed E-state index contributed by atoms with van der Waals surface area (Å²) in [4.78, 5) is 11.7. The molecule has 0 spiro atoms. The van der Waals surface area contributed by atoms with Crippen molar-refractivity contribution in [2.75, 3.05) is 0 Å². The summed E-state index contributed by atoms with van der Waals surface area (Å²) in [7, 11) is 0. The number of nitrogens with zero attached hydrogens (tertiary/aromatic N) is 1. The van der Waals surface area contributed by atoms with Gasteiger partial charge in [-0.2, -0.15) is 0 Å². The third-order valence-corrected chi connectivity index (χ3v) is 4.73. The molecular weight excluding hydrogens is 278 g/mol. The number of benzene rings is 1. The fraction of sp³-hybridized carbons (Fsp3) is 0.444. The van der Waals surface area contributed by atoms with Crippen molar-refractivity contribution in [3.63, 3.8) is 0 Å². The molecule has 1 aromatic heterocycles. The second-order valence-electron chi connectivity index (χ2n) is 6.45. The normalized spacial score (nSPS) is 17.0. The Bertz CT molecular complexity index is 664. The van der Waals surface area contributed by atoms with E-state index in [0.717, 1.165) is 18.4 Å². The number of aromatic nitrogens is 1. The van der Waals surface area contributed by atoms with Gasteiger partial charge in [0.15, 0.2) is 5.76 Å². The van der Waals surface area contributed by atoms with Crippen LogP contribution >= 0.6 is 0 Å². The SMILES string of the molecule is CC(C)c1ccc(-c2cc(C3(C(=O)O)CCCC3)no2)cc1. The van der Waals surface area contributed by atoms with E-state index in [4.69, 9.17) is 4.52 Å². The van der Waals surface area contributed by atoms with E-state index in [9.17, 15) is 9.90 Å². The summed E-state index contributed by atoms with van der Waals surface area (Å²) in [5, 5.41) is 13.7. The molecule has 0 saturated heterocycles. The Morgan fingerprint density at radius 2 is 1.86 bits per heavy atom. The van der Waals surface area contributed by atoms with Crippen LogP contribution in [0.4, 0.5) is 0 Å². The lowest BCUT2D eigenvalue weighted by molar-refractivity contribution is -0.143. The molecule has 1 fully saturated rings. The Hall–Kier alpha value is -2.10. The predicted molar refractivity (Wildman–Crippen MR) is 83.8 cm³/mol. The van der Waals surface area contributed by atoms with Crippen molar-refractivity contribution >= 4 is 5.97 Å². The fourth-order valence-corrected chi connectivity index (χ4v) is 3.23. The van der Waals surface area contributed by atoms with Crippen LogP contribution in [0.2, 0.25) is 0 Å². The van der Waals surface area contributed by atoms with Crippen LogP contribution in [-0.4, -0.2) is 16.2 Å². The zero-order valence-corrected chi connectivity index (χ0v) is 13.0. The van der Waals surface area contributed by atoms with Gasteiger partial charge in [-0.1, -0.05) is 56.1 Å². The number of hydrogen-bond acceptors (Lipinski definition) is 3. The van der Waals surface area contributed by atoms with Gasteiger partial charge in [0.2, 0.25) is 0 Å². The minimum absolute atomic E-state index is 0.480. The Kier molecular flexibility index (Phi) is 3.77. The molecule has 0 amide bonds. The maximum Gasteiger partial charge on any atom is 0.315 e. The molecule has 1 aliphatic rings. The number of carbonyl (C=O) groups is 1. The van der Waals surface area contributed by atoms with Gasteiger partial charge in [-0.15, -0.1) is 0 Å². The first kappa shape index (κ1) is 14.8. The van der Waals surface area contributed by atoms with E-state index in [0.29, 0.717) is 30.2 Å². The van der Waals surface area contributed by atoms with E-state index < -0.39 is 11.4 Å². The van der Waals surface area contributed by atoms with Gasteiger partial charge in [-0.3, -0.25) is 4.79 Å². The third kappa shape index (κ3) is 2.43. The molecule has 0 atom stereocenters. The van der Waals surface area contributed by atoms with Crippen molar-refractivity contribution in [3.8, 4) is 11.3 Å². The molecule has 1 aliphatic carbocycles. The van der Waals surface area contributed by atoms with Crippen LogP contribution in [0, 0.1) is 0 Å². The van der Waals surface area contributed by atoms with E-state index in [-0.39, 0.29) is 0 Å². The lowest BCUT2D eigenvalue weighted by Crippen LogP contribution is -2.32. The summed E-state index contributed by atoms with van der Waals surface area (Å²) in [6.45, 7) is 4.30. The first-order valence-electron chi connectivity index (χ1n) is 7.84. The topological polar surface area (TPSA) is 63.3 Å². The maximum absolute atomic E-state index is 11.7. The largest absolute Gasteiger partial charge is 0.481 e. The molecule has 3 rings (SSSR count). The number of carboxylic acid groups (broad SMARTS) is 1. The van der Waals surface area contributed by atoms with E-state index in [1.807, 2.05) is 12.1 Å². The van der Waals surface area contributed by atoms with E-state index >= 15 is 0 Å². The minimum Gasteiger partial charge on any atom is -0.481 e. The van der Waals surface area contributed by atoms with Crippen molar-refractivity contribution < 1.29 is 14.4 Å². The van der Waals surface area contributed by atoms with Crippen LogP contribution in [-0.2, 0) is 10.2 Å². The van der Waals surface area contributed by atoms with Gasteiger partial charge >= 0.3 is 5.97 Å². The number of carboxylic acids is 1. The van der Waals surface area contributed by atoms with Crippen molar-refractivity contribution in [3.05, 3.63) is 41.6 Å². The summed E-state index contributed by atoms with van der Waals surface area (Å²) in [6, 6.07) is 9.95. The van der Waals surface area contributed by atoms with Gasteiger partial charge in [-0.25, -0.2) is 0 Å². The highest BCUT2D eigenvalue weighted by Gasteiger charge is 2.45. The van der Waals surface area contributed by atoms with Crippen LogP contribution in [0.5, 0.6) is 0 Å². The van der Waals surface area contributed by atoms with Gasteiger partial charge in [0.1, 0.15) is 11.1 Å². The molecule has 4 nitrogen and oxygen atoms in total. The van der Waals surface area contributed by atoms with Crippen molar-refractivity contribution in [1.29, 1.82) is 0 Å². The van der Waals surface area contributed by atoms with Gasteiger partial charge < -0.3 is 9.63 Å². The second kappa shape index (κ2) is 5.59. The molecule has 1 heterocycles. The standard InChI is InChI=1S/C18H21NO3/c1-12(2)13-5-7-14(8-6-13)15-11-16(19-22-15)18(17(20)21)9-3-4-10-18/h5-8,11-12H,3-4,9-10H2,1-2H3,(H,20,21). The monoisotopic (exact) mass is 299 g/mol. The molecule has 4 heteroatoms. The zero-order chi connectivity index (χ0) is 15.7. The van der Waals surface area contributed by atoms with Crippen molar-refractivity contribution in [1.82, 2.24) is 5.16 Å². The lowest BCUT2D eigenvalue weighted by atomic mass is 9.82. The van der Waals surface area contributed by atoms with Crippen LogP contribution < -0.4 is 0 Å². The maximum atomic E-state index is 11.7. The van der Waals surface area contributed by atoms with Crippen LogP contribution in [0.15, 0.2) is 34.9 Å². The van der Waals surface area contributed by atoms with Crippen LogP contribution in [0.25, 0.3) is 11.3 Å². The Morgan fingerprint density at radius 3 is 2.41 bits per heavy atom. The second-order valence-corrected chi connectivity index (χ2v) is 6.45. The molecule has 22 heavy (non-hydrogen) atoms.